The summed E-state index contributed by atoms with van der Waals surface area (Å²) in [5.41, 5.74) is 9.71. The van der Waals surface area contributed by atoms with Crippen molar-refractivity contribution >= 4 is 37.9 Å². The fourth-order valence-electron chi connectivity index (χ4n) is 2.24. The number of aryl methyl sites for hydroxylation is 1. The van der Waals surface area contributed by atoms with Crippen molar-refractivity contribution in [1.82, 2.24) is 4.98 Å². The number of fused-ring (bicyclic) bond motifs is 1. The number of anilines is 1. The zero-order valence-electron chi connectivity index (χ0n) is 10.4. The van der Waals surface area contributed by atoms with Gasteiger partial charge in [0.05, 0.1) is 15.2 Å². The highest BCUT2D eigenvalue weighted by atomic mass is 32.1. The molecule has 4 heteroatoms. The van der Waals surface area contributed by atoms with Gasteiger partial charge in [-0.1, -0.05) is 19.1 Å². The van der Waals surface area contributed by atoms with Gasteiger partial charge in [-0.05, 0) is 31.0 Å². The molecule has 0 saturated carbocycles. The first-order valence-electron chi connectivity index (χ1n) is 5.94. The van der Waals surface area contributed by atoms with Crippen LogP contribution in [0.5, 0.6) is 0 Å². The largest absolute Gasteiger partial charge is 0.390 e. The molecule has 0 atom stereocenters. The van der Waals surface area contributed by atoms with Crippen LogP contribution in [0.15, 0.2) is 24.3 Å². The maximum atomic E-state index is 6.16. The first-order valence-corrected chi connectivity index (χ1v) is 7.57. The summed E-state index contributed by atoms with van der Waals surface area (Å²) in [7, 11) is 0. The van der Waals surface area contributed by atoms with Crippen molar-refractivity contribution in [1.29, 1.82) is 0 Å². The van der Waals surface area contributed by atoms with Gasteiger partial charge in [-0.15, -0.1) is 22.7 Å². The number of nitrogens with two attached hydrogens (primary N) is 1. The third-order valence-corrected chi connectivity index (χ3v) is 5.13. The number of aromatic nitrogens is 1. The molecule has 0 aliphatic carbocycles. The standard InChI is InChI=1S/C14H14N2S2/c1-3-9-8(2)17-13(15)12(9)14-16-10-6-4-5-7-11(10)18-14/h4-7H,3,15H2,1-2H3. The quantitative estimate of drug-likeness (QED) is 0.748. The Bertz CT molecular complexity index is 677. The van der Waals surface area contributed by atoms with Crippen molar-refractivity contribution in [3.63, 3.8) is 0 Å². The molecule has 92 valence electrons. The average Bonchev–Trinajstić information content (AvgIpc) is 2.88. The van der Waals surface area contributed by atoms with E-state index in [2.05, 4.69) is 26.0 Å². The molecule has 0 unspecified atom stereocenters. The second-order valence-corrected chi connectivity index (χ2v) is 6.50. The van der Waals surface area contributed by atoms with Crippen LogP contribution in [0.2, 0.25) is 0 Å². The van der Waals surface area contributed by atoms with E-state index in [9.17, 15) is 0 Å². The Morgan fingerprint density at radius 1 is 1.22 bits per heavy atom. The molecule has 2 aromatic heterocycles. The highest BCUT2D eigenvalue weighted by molar-refractivity contribution is 7.22. The van der Waals surface area contributed by atoms with Gasteiger partial charge in [0.25, 0.3) is 0 Å². The van der Waals surface area contributed by atoms with E-state index < -0.39 is 0 Å². The van der Waals surface area contributed by atoms with E-state index in [1.807, 2.05) is 12.1 Å². The Hall–Kier alpha value is -1.39. The highest BCUT2D eigenvalue weighted by Gasteiger charge is 2.17. The smallest absolute Gasteiger partial charge is 0.127 e. The predicted molar refractivity (Wildman–Crippen MR) is 81.5 cm³/mol. The summed E-state index contributed by atoms with van der Waals surface area (Å²) in [5, 5.41) is 1.94. The van der Waals surface area contributed by atoms with Crippen LogP contribution in [0.4, 0.5) is 5.00 Å². The van der Waals surface area contributed by atoms with Gasteiger partial charge in [0, 0.05) is 10.4 Å². The summed E-state index contributed by atoms with van der Waals surface area (Å²) >= 11 is 3.39. The van der Waals surface area contributed by atoms with Crippen LogP contribution < -0.4 is 5.73 Å². The van der Waals surface area contributed by atoms with Crippen molar-refractivity contribution in [3.8, 4) is 10.6 Å². The lowest BCUT2D eigenvalue weighted by atomic mass is 10.1. The molecule has 0 fully saturated rings. The summed E-state index contributed by atoms with van der Waals surface area (Å²) in [4.78, 5) is 6.02. The molecule has 2 nitrogen and oxygen atoms in total. The lowest BCUT2D eigenvalue weighted by Crippen LogP contribution is -1.88. The Morgan fingerprint density at radius 2 is 2.00 bits per heavy atom. The van der Waals surface area contributed by atoms with E-state index in [-0.39, 0.29) is 0 Å². The summed E-state index contributed by atoms with van der Waals surface area (Å²) in [5.74, 6) is 0. The minimum absolute atomic E-state index is 0.892. The van der Waals surface area contributed by atoms with Gasteiger partial charge < -0.3 is 5.73 Å². The number of thiophene rings is 1. The molecule has 2 N–H and O–H groups in total. The third kappa shape index (κ3) is 1.72. The van der Waals surface area contributed by atoms with Crippen LogP contribution in [0.3, 0.4) is 0 Å². The third-order valence-electron chi connectivity index (χ3n) is 3.10. The minimum atomic E-state index is 0.892. The minimum Gasteiger partial charge on any atom is -0.390 e. The zero-order chi connectivity index (χ0) is 12.7. The predicted octanol–water partition coefficient (Wildman–Crippen LogP) is 4.48. The number of hydrogen-bond acceptors (Lipinski definition) is 4. The van der Waals surface area contributed by atoms with Gasteiger partial charge >= 0.3 is 0 Å². The van der Waals surface area contributed by atoms with Crippen molar-refractivity contribution in [2.45, 2.75) is 20.3 Å². The topological polar surface area (TPSA) is 38.9 Å². The van der Waals surface area contributed by atoms with E-state index in [0.717, 1.165) is 27.5 Å². The molecule has 0 saturated heterocycles. The Labute approximate surface area is 114 Å². The van der Waals surface area contributed by atoms with Gasteiger partial charge in [-0.3, -0.25) is 0 Å². The van der Waals surface area contributed by atoms with E-state index in [0.29, 0.717) is 0 Å². The van der Waals surface area contributed by atoms with Crippen molar-refractivity contribution in [3.05, 3.63) is 34.7 Å². The summed E-state index contributed by atoms with van der Waals surface area (Å²) in [6.45, 7) is 4.31. The molecule has 3 aromatic rings. The molecule has 0 aliphatic rings. The number of thiazole rings is 1. The van der Waals surface area contributed by atoms with Gasteiger partial charge in [0.2, 0.25) is 0 Å². The Morgan fingerprint density at radius 3 is 2.72 bits per heavy atom. The number of benzene rings is 1. The van der Waals surface area contributed by atoms with E-state index in [4.69, 9.17) is 10.7 Å². The van der Waals surface area contributed by atoms with E-state index in [1.54, 1.807) is 22.7 Å². The van der Waals surface area contributed by atoms with Crippen LogP contribution >= 0.6 is 22.7 Å². The SMILES string of the molecule is CCc1c(C)sc(N)c1-c1nc2ccccc2s1. The first kappa shape index (κ1) is 11.7. The van der Waals surface area contributed by atoms with Crippen LogP contribution in [0.25, 0.3) is 20.8 Å². The number of nitrogen functional groups attached to an aromatic ring is 1. The lowest BCUT2D eigenvalue weighted by molar-refractivity contribution is 1.13. The Balaban J connectivity index is 2.25. The lowest BCUT2D eigenvalue weighted by Gasteiger charge is -1.99. The van der Waals surface area contributed by atoms with Crippen LogP contribution in [-0.4, -0.2) is 4.98 Å². The maximum Gasteiger partial charge on any atom is 0.127 e. The van der Waals surface area contributed by atoms with Crippen molar-refractivity contribution in [2.24, 2.45) is 0 Å². The molecule has 18 heavy (non-hydrogen) atoms. The number of hydrogen-bond donors (Lipinski definition) is 1. The van der Waals surface area contributed by atoms with Crippen LogP contribution in [0, 0.1) is 6.92 Å². The summed E-state index contributed by atoms with van der Waals surface area (Å²) < 4.78 is 1.22. The molecule has 3 rings (SSSR count). The molecule has 0 spiro atoms. The summed E-state index contributed by atoms with van der Waals surface area (Å²) in [6.07, 6.45) is 1.00. The number of rotatable bonds is 2. The highest BCUT2D eigenvalue weighted by Crippen LogP contribution is 2.41. The fourth-order valence-corrected chi connectivity index (χ4v) is 4.38. The van der Waals surface area contributed by atoms with Crippen LogP contribution in [-0.2, 0) is 6.42 Å². The monoisotopic (exact) mass is 274 g/mol. The molecule has 0 radical (unpaired) electrons. The average molecular weight is 274 g/mol. The normalized spacial score (nSPS) is 11.2. The molecule has 0 aliphatic heterocycles. The molecule has 2 heterocycles. The van der Waals surface area contributed by atoms with Gasteiger partial charge in [-0.25, -0.2) is 4.98 Å². The van der Waals surface area contributed by atoms with Crippen LogP contribution in [0.1, 0.15) is 17.4 Å². The Kier molecular flexibility index (Phi) is 2.84. The summed E-state index contributed by atoms with van der Waals surface area (Å²) in [6, 6.07) is 8.23. The number of para-hydroxylation sites is 1. The molecular formula is C14H14N2S2. The van der Waals surface area contributed by atoms with Crippen molar-refractivity contribution in [2.75, 3.05) is 5.73 Å². The number of nitrogens with zero attached hydrogens (tertiary/aromatic N) is 1. The van der Waals surface area contributed by atoms with E-state index in [1.165, 1.54) is 15.1 Å². The molecular weight excluding hydrogens is 260 g/mol. The zero-order valence-corrected chi connectivity index (χ0v) is 12.0. The van der Waals surface area contributed by atoms with Gasteiger partial charge in [-0.2, -0.15) is 0 Å². The fraction of sp³-hybridized carbons (Fsp3) is 0.214. The maximum absolute atomic E-state index is 6.16. The van der Waals surface area contributed by atoms with E-state index >= 15 is 0 Å². The second-order valence-electron chi connectivity index (χ2n) is 4.22. The second kappa shape index (κ2) is 4.37. The van der Waals surface area contributed by atoms with Gasteiger partial charge in [0.15, 0.2) is 0 Å². The van der Waals surface area contributed by atoms with Crippen molar-refractivity contribution < 1.29 is 0 Å². The van der Waals surface area contributed by atoms with Gasteiger partial charge in [0.1, 0.15) is 5.01 Å². The molecule has 1 aromatic carbocycles. The first-order chi connectivity index (χ1) is 8.70. The molecule has 0 amide bonds. The molecule has 0 bridgehead atoms.